The number of aromatic hydroxyl groups is 3. The minimum absolute atomic E-state index is 0.0410. The Hall–Kier alpha value is -3.91. The van der Waals surface area contributed by atoms with Crippen molar-refractivity contribution in [2.45, 2.75) is 68.3 Å². The fraction of sp³-hybridized carbons (Fsp3) is 0.483. The first-order valence-corrected chi connectivity index (χ1v) is 13.9. The molecule has 3 heterocycles. The summed E-state index contributed by atoms with van der Waals surface area (Å²) in [5.41, 5.74) is -1.36. The predicted octanol–water partition coefficient (Wildman–Crippen LogP) is -1.38. The second kappa shape index (κ2) is 13.1. The lowest BCUT2D eigenvalue weighted by atomic mass is 9.98. The van der Waals surface area contributed by atoms with E-state index >= 15 is 0 Å². The molecule has 0 radical (unpaired) electrons. The average Bonchev–Trinajstić information content (AvgIpc) is 3.03. The molecule has 9 N–H and O–H groups in total. The highest BCUT2D eigenvalue weighted by Gasteiger charge is 2.48. The minimum atomic E-state index is -1.97. The molecule has 5 rings (SSSR count). The zero-order chi connectivity index (χ0) is 33.6. The summed E-state index contributed by atoms with van der Waals surface area (Å²) in [6, 6.07) is 4.65. The molecule has 1 aromatic heterocycles. The van der Waals surface area contributed by atoms with Crippen LogP contribution in [0, 0.1) is 0 Å². The van der Waals surface area contributed by atoms with E-state index in [1.54, 1.807) is 0 Å². The van der Waals surface area contributed by atoms with Crippen LogP contribution in [0.2, 0.25) is 0 Å². The molecule has 0 spiro atoms. The van der Waals surface area contributed by atoms with E-state index in [0.29, 0.717) is 0 Å². The largest absolute Gasteiger partial charge is 0.507 e. The standard InChI is InChI=1S/C29H34O17/c1-9-17(33)20(36)22(38)28(43-9)42-8-15-18(34)21(37)23(39)29(44-15)46-27-19(35)16-12(31)7-13(32)25(41-3)26(16)45-24(27)10-4-5-11(30)14(6-10)40-2/h4-7,9,15,17-18,20-23,28-34,36-39H,8H2,1-3H3/t9-,15+,17-,18+,20+,21-,22+,23+,28+,29-/m0/s1. The van der Waals surface area contributed by atoms with Crippen molar-refractivity contribution in [3.63, 3.8) is 0 Å². The fourth-order valence-electron chi connectivity index (χ4n) is 5.22. The molecular weight excluding hydrogens is 620 g/mol. The van der Waals surface area contributed by atoms with Crippen LogP contribution in [0.15, 0.2) is 33.5 Å². The van der Waals surface area contributed by atoms with Crippen molar-refractivity contribution in [2.24, 2.45) is 0 Å². The van der Waals surface area contributed by atoms with Crippen LogP contribution in [-0.2, 0) is 14.2 Å². The van der Waals surface area contributed by atoms with Gasteiger partial charge in [-0.3, -0.25) is 4.79 Å². The Kier molecular flexibility index (Phi) is 9.50. The van der Waals surface area contributed by atoms with Crippen molar-refractivity contribution in [2.75, 3.05) is 20.8 Å². The van der Waals surface area contributed by atoms with Gasteiger partial charge in [-0.05, 0) is 25.1 Å². The van der Waals surface area contributed by atoms with E-state index in [1.165, 1.54) is 39.3 Å². The molecule has 2 aliphatic heterocycles. The highest BCUT2D eigenvalue weighted by molar-refractivity contribution is 5.93. The van der Waals surface area contributed by atoms with Crippen LogP contribution in [0.1, 0.15) is 6.92 Å². The first kappa shape index (κ1) is 33.5. The van der Waals surface area contributed by atoms with Crippen LogP contribution in [0.25, 0.3) is 22.3 Å². The van der Waals surface area contributed by atoms with E-state index in [9.17, 15) is 50.8 Å². The highest BCUT2D eigenvalue weighted by atomic mass is 16.7. The van der Waals surface area contributed by atoms with Gasteiger partial charge in [-0.25, -0.2) is 0 Å². The fourth-order valence-corrected chi connectivity index (χ4v) is 5.22. The summed E-state index contributed by atoms with van der Waals surface area (Å²) in [5.74, 6) is -2.95. The van der Waals surface area contributed by atoms with Crippen molar-refractivity contribution in [3.8, 4) is 45.8 Å². The monoisotopic (exact) mass is 654 g/mol. The van der Waals surface area contributed by atoms with Crippen LogP contribution in [0.5, 0.6) is 34.5 Å². The van der Waals surface area contributed by atoms with Gasteiger partial charge >= 0.3 is 0 Å². The van der Waals surface area contributed by atoms with Gasteiger partial charge in [0, 0.05) is 11.6 Å². The number of methoxy groups -OCH3 is 2. The van der Waals surface area contributed by atoms with Crippen LogP contribution in [0.3, 0.4) is 0 Å². The van der Waals surface area contributed by atoms with Crippen LogP contribution in [0.4, 0.5) is 0 Å². The van der Waals surface area contributed by atoms with Crippen LogP contribution < -0.4 is 19.6 Å². The number of hydrogen-bond donors (Lipinski definition) is 9. The smallest absolute Gasteiger partial charge is 0.239 e. The Bertz CT molecular complexity index is 1620. The SMILES string of the molecule is COc1cc(-c2oc3c(OC)c(O)cc(O)c3c(=O)c2O[C@@H]2O[C@H](CO[C@@H]3O[C@@H](C)[C@H](O)[C@@H](O)[C@H]3O)[C@@H](O)[C@H](O)[C@H]2O)ccc1O. The molecule has 252 valence electrons. The molecular formula is C29H34O17. The molecule has 2 fully saturated rings. The number of phenols is 3. The molecule has 46 heavy (non-hydrogen) atoms. The summed E-state index contributed by atoms with van der Waals surface area (Å²) in [6.45, 7) is 0.824. The Balaban J connectivity index is 1.53. The highest BCUT2D eigenvalue weighted by Crippen LogP contribution is 2.44. The van der Waals surface area contributed by atoms with Gasteiger partial charge in [0.25, 0.3) is 0 Å². The normalized spacial score (nSPS) is 31.5. The van der Waals surface area contributed by atoms with Crippen molar-refractivity contribution in [1.82, 2.24) is 0 Å². The summed E-state index contributed by atoms with van der Waals surface area (Å²) in [4.78, 5) is 13.9. The van der Waals surface area contributed by atoms with E-state index in [-0.39, 0.29) is 34.2 Å². The summed E-state index contributed by atoms with van der Waals surface area (Å²) >= 11 is 0. The first-order chi connectivity index (χ1) is 21.8. The number of phenolic OH excluding ortho intramolecular Hbond substituents is 3. The zero-order valence-corrected chi connectivity index (χ0v) is 24.6. The van der Waals surface area contributed by atoms with Gasteiger partial charge in [0.1, 0.15) is 53.9 Å². The van der Waals surface area contributed by atoms with Gasteiger partial charge in [-0.2, -0.15) is 0 Å². The molecule has 2 aliphatic rings. The molecule has 0 amide bonds. The Morgan fingerprint density at radius 2 is 1.41 bits per heavy atom. The van der Waals surface area contributed by atoms with Gasteiger partial charge in [0.15, 0.2) is 34.9 Å². The lowest BCUT2D eigenvalue weighted by molar-refractivity contribution is -0.318. The van der Waals surface area contributed by atoms with Gasteiger partial charge in [0.05, 0.1) is 26.9 Å². The lowest BCUT2D eigenvalue weighted by Gasteiger charge is -2.42. The molecule has 17 nitrogen and oxygen atoms in total. The van der Waals surface area contributed by atoms with E-state index in [1.807, 2.05) is 0 Å². The second-order valence-electron chi connectivity index (χ2n) is 10.8. The molecule has 0 aliphatic carbocycles. The van der Waals surface area contributed by atoms with Crippen molar-refractivity contribution in [3.05, 3.63) is 34.5 Å². The zero-order valence-electron chi connectivity index (χ0n) is 24.6. The first-order valence-electron chi connectivity index (χ1n) is 13.9. The predicted molar refractivity (Wildman–Crippen MR) is 152 cm³/mol. The van der Waals surface area contributed by atoms with E-state index in [2.05, 4.69) is 0 Å². The lowest BCUT2D eigenvalue weighted by Crippen LogP contribution is -2.61. The van der Waals surface area contributed by atoms with Crippen molar-refractivity contribution in [1.29, 1.82) is 0 Å². The number of rotatable bonds is 8. The average molecular weight is 655 g/mol. The number of aliphatic hydroxyl groups is 6. The van der Waals surface area contributed by atoms with Crippen LogP contribution >= 0.6 is 0 Å². The molecule has 2 saturated heterocycles. The molecule has 0 unspecified atom stereocenters. The van der Waals surface area contributed by atoms with E-state index in [4.69, 9.17) is 32.8 Å². The third-order valence-corrected chi connectivity index (χ3v) is 7.82. The maximum Gasteiger partial charge on any atom is 0.239 e. The summed E-state index contributed by atoms with van der Waals surface area (Å²) in [6.07, 6.45) is -16.2. The van der Waals surface area contributed by atoms with Gasteiger partial charge in [-0.15, -0.1) is 0 Å². The topological polar surface area (TPSA) is 268 Å². The summed E-state index contributed by atoms with van der Waals surface area (Å²) in [5, 5.41) is 92.8. The number of benzene rings is 2. The number of fused-ring (bicyclic) bond motifs is 1. The summed E-state index contributed by atoms with van der Waals surface area (Å²) < 4.78 is 38.6. The maximum atomic E-state index is 13.9. The van der Waals surface area contributed by atoms with E-state index in [0.717, 1.165) is 6.07 Å². The van der Waals surface area contributed by atoms with Gasteiger partial charge < -0.3 is 78.8 Å². The molecule has 2 aromatic carbocycles. The van der Waals surface area contributed by atoms with Crippen LogP contribution in [-0.4, -0.2) is 128 Å². The Labute approximate surface area is 259 Å². The Morgan fingerprint density at radius 1 is 0.739 bits per heavy atom. The minimum Gasteiger partial charge on any atom is -0.507 e. The van der Waals surface area contributed by atoms with Gasteiger partial charge in [-0.1, -0.05) is 0 Å². The second-order valence-corrected chi connectivity index (χ2v) is 10.8. The number of ether oxygens (including phenoxy) is 6. The van der Waals surface area contributed by atoms with Gasteiger partial charge in [0.2, 0.25) is 23.2 Å². The molecule has 3 aromatic rings. The third kappa shape index (κ3) is 5.88. The molecule has 0 saturated carbocycles. The van der Waals surface area contributed by atoms with E-state index < -0.39 is 96.1 Å². The maximum absolute atomic E-state index is 13.9. The molecule has 17 heteroatoms. The summed E-state index contributed by atoms with van der Waals surface area (Å²) in [7, 11) is 2.45. The van der Waals surface area contributed by atoms with Crippen molar-refractivity contribution < 1.29 is 78.8 Å². The quantitative estimate of drug-likeness (QED) is 0.135. The number of hydrogen-bond acceptors (Lipinski definition) is 17. The third-order valence-electron chi connectivity index (χ3n) is 7.82. The molecule has 0 bridgehead atoms. The van der Waals surface area contributed by atoms with Crippen molar-refractivity contribution >= 4 is 11.0 Å². The molecule has 10 atom stereocenters. The Morgan fingerprint density at radius 3 is 2.09 bits per heavy atom. The number of aliphatic hydroxyl groups excluding tert-OH is 6.